The number of hydrogen-bond donors (Lipinski definition) is 2. The summed E-state index contributed by atoms with van der Waals surface area (Å²) in [6.45, 7) is 8.55. The maximum atomic E-state index is 13.2. The van der Waals surface area contributed by atoms with Crippen molar-refractivity contribution in [2.24, 2.45) is 11.8 Å². The number of nitrogens with zero attached hydrogens (tertiary/aromatic N) is 1. The topological polar surface area (TPSA) is 97.0 Å². The Morgan fingerprint density at radius 2 is 1.65 bits per heavy atom. The van der Waals surface area contributed by atoms with Crippen LogP contribution in [0.5, 0.6) is 11.5 Å². The van der Waals surface area contributed by atoms with E-state index in [1.54, 1.807) is 7.11 Å². The summed E-state index contributed by atoms with van der Waals surface area (Å²) in [4.78, 5) is 41.0. The Morgan fingerprint density at radius 1 is 0.953 bits per heavy atom. The predicted octanol–water partition coefficient (Wildman–Crippen LogP) is 5.49. The van der Waals surface area contributed by atoms with Gasteiger partial charge >= 0.3 is 0 Å². The standard InChI is InChI=1S/C35H49N3O5/c1-5-43-31-21-30(42-4)16-15-29(31)22-36-23-32(39)38-19-17-26(18-20-38)25-11-13-28(14-12-25)35(41)37-33(34(40)24(2)3)27-9-7-6-8-10-27/h11-16,21,24,26-27,33,36H,5-10,17-20,22-23H2,1-4H3,(H,37,41)/t33-/m1/s1. The molecule has 234 valence electrons. The van der Waals surface area contributed by atoms with Crippen molar-refractivity contribution in [3.05, 3.63) is 59.2 Å². The number of hydrogen-bond acceptors (Lipinski definition) is 6. The normalized spacial score (nSPS) is 17.0. The number of carbonyl (C=O) groups is 3. The summed E-state index contributed by atoms with van der Waals surface area (Å²) in [6.07, 6.45) is 7.22. The van der Waals surface area contributed by atoms with E-state index < -0.39 is 6.04 Å². The predicted molar refractivity (Wildman–Crippen MR) is 169 cm³/mol. The van der Waals surface area contributed by atoms with Crippen molar-refractivity contribution in [1.82, 2.24) is 15.5 Å². The second kappa shape index (κ2) is 15.9. The van der Waals surface area contributed by atoms with E-state index in [4.69, 9.17) is 9.47 Å². The number of amides is 2. The van der Waals surface area contributed by atoms with Gasteiger partial charge in [0.05, 0.1) is 26.3 Å². The van der Waals surface area contributed by atoms with Crippen LogP contribution in [0.15, 0.2) is 42.5 Å². The zero-order valence-corrected chi connectivity index (χ0v) is 26.3. The Bertz CT molecular complexity index is 1210. The van der Waals surface area contributed by atoms with Gasteiger partial charge in [-0.25, -0.2) is 0 Å². The molecule has 1 aliphatic carbocycles. The molecule has 2 fully saturated rings. The van der Waals surface area contributed by atoms with Crippen LogP contribution in [0.25, 0.3) is 0 Å². The smallest absolute Gasteiger partial charge is 0.251 e. The summed E-state index contributed by atoms with van der Waals surface area (Å²) in [7, 11) is 1.63. The SMILES string of the molecule is CCOc1cc(OC)ccc1CNCC(=O)N1CCC(c2ccc(C(=O)N[C@@H](C(=O)C(C)C)C3CCCCC3)cc2)CC1. The maximum Gasteiger partial charge on any atom is 0.251 e. The van der Waals surface area contributed by atoms with Crippen LogP contribution in [0.2, 0.25) is 0 Å². The van der Waals surface area contributed by atoms with Crippen molar-refractivity contribution in [2.75, 3.05) is 33.4 Å². The van der Waals surface area contributed by atoms with Crippen LogP contribution in [0, 0.1) is 11.8 Å². The number of Topliss-reactive ketones (excluding diaryl/α,β-unsaturated/α-hetero) is 1. The van der Waals surface area contributed by atoms with E-state index in [2.05, 4.69) is 10.6 Å². The van der Waals surface area contributed by atoms with Gasteiger partial charge in [-0.15, -0.1) is 0 Å². The number of benzene rings is 2. The summed E-state index contributed by atoms with van der Waals surface area (Å²) >= 11 is 0. The number of ketones is 1. The van der Waals surface area contributed by atoms with E-state index in [0.717, 1.165) is 55.6 Å². The second-order valence-electron chi connectivity index (χ2n) is 12.2. The molecule has 1 saturated heterocycles. The number of rotatable bonds is 13. The average Bonchev–Trinajstić information content (AvgIpc) is 3.04. The largest absolute Gasteiger partial charge is 0.497 e. The van der Waals surface area contributed by atoms with E-state index in [9.17, 15) is 14.4 Å². The first-order valence-electron chi connectivity index (χ1n) is 16.0. The molecular formula is C35H49N3O5. The van der Waals surface area contributed by atoms with E-state index in [1.165, 1.54) is 12.0 Å². The van der Waals surface area contributed by atoms with Gasteiger partial charge in [-0.05, 0) is 68.2 Å². The molecule has 2 aliphatic rings. The lowest BCUT2D eigenvalue weighted by atomic mass is 9.80. The molecule has 0 unspecified atom stereocenters. The van der Waals surface area contributed by atoms with Crippen LogP contribution < -0.4 is 20.1 Å². The Kier molecular flexibility index (Phi) is 12.0. The van der Waals surface area contributed by atoms with Gasteiger partial charge in [0.2, 0.25) is 5.91 Å². The van der Waals surface area contributed by atoms with Crippen molar-refractivity contribution in [2.45, 2.75) is 84.2 Å². The van der Waals surface area contributed by atoms with Gasteiger partial charge in [-0.3, -0.25) is 14.4 Å². The molecule has 2 amide bonds. The first kappa shape index (κ1) is 32.5. The molecule has 0 aromatic heterocycles. The molecule has 1 atom stereocenters. The fraction of sp³-hybridized carbons (Fsp3) is 0.571. The molecule has 1 aliphatic heterocycles. The van der Waals surface area contributed by atoms with Gasteiger partial charge in [0.1, 0.15) is 11.5 Å². The Morgan fingerprint density at radius 3 is 2.28 bits per heavy atom. The second-order valence-corrected chi connectivity index (χ2v) is 12.2. The highest BCUT2D eigenvalue weighted by atomic mass is 16.5. The molecule has 0 bridgehead atoms. The van der Waals surface area contributed by atoms with Crippen LogP contribution >= 0.6 is 0 Å². The lowest BCUT2D eigenvalue weighted by Crippen LogP contribution is -2.48. The Hall–Kier alpha value is -3.39. The number of carbonyl (C=O) groups excluding carboxylic acids is 3. The molecular weight excluding hydrogens is 542 g/mol. The van der Waals surface area contributed by atoms with E-state index >= 15 is 0 Å². The monoisotopic (exact) mass is 591 g/mol. The molecule has 1 saturated carbocycles. The third-order valence-electron chi connectivity index (χ3n) is 8.94. The molecule has 0 radical (unpaired) electrons. The van der Waals surface area contributed by atoms with E-state index in [1.807, 2.05) is 68.1 Å². The number of piperidine rings is 1. The molecule has 2 N–H and O–H groups in total. The molecule has 43 heavy (non-hydrogen) atoms. The Balaban J connectivity index is 1.25. The van der Waals surface area contributed by atoms with E-state index in [-0.39, 0.29) is 36.0 Å². The molecule has 8 heteroatoms. The minimum atomic E-state index is -0.410. The van der Waals surface area contributed by atoms with Crippen LogP contribution in [0.3, 0.4) is 0 Å². The molecule has 2 aromatic carbocycles. The lowest BCUT2D eigenvalue weighted by Gasteiger charge is -2.32. The highest BCUT2D eigenvalue weighted by molar-refractivity contribution is 5.98. The highest BCUT2D eigenvalue weighted by Crippen LogP contribution is 2.30. The average molecular weight is 592 g/mol. The summed E-state index contributed by atoms with van der Waals surface area (Å²) < 4.78 is 11.0. The van der Waals surface area contributed by atoms with Crippen molar-refractivity contribution >= 4 is 17.6 Å². The minimum Gasteiger partial charge on any atom is -0.497 e. The number of nitrogens with one attached hydrogen (secondary N) is 2. The van der Waals surface area contributed by atoms with Gasteiger partial charge in [-0.2, -0.15) is 0 Å². The molecule has 4 rings (SSSR count). The van der Waals surface area contributed by atoms with Gasteiger partial charge < -0.3 is 25.0 Å². The van der Waals surface area contributed by atoms with Crippen molar-refractivity contribution in [3.63, 3.8) is 0 Å². The van der Waals surface area contributed by atoms with Crippen LogP contribution in [-0.4, -0.2) is 61.9 Å². The summed E-state index contributed by atoms with van der Waals surface area (Å²) in [6, 6.07) is 13.1. The van der Waals surface area contributed by atoms with E-state index in [0.29, 0.717) is 37.7 Å². The third-order valence-corrected chi connectivity index (χ3v) is 8.94. The van der Waals surface area contributed by atoms with Crippen LogP contribution in [0.1, 0.15) is 93.1 Å². The van der Waals surface area contributed by atoms with Crippen molar-refractivity contribution < 1.29 is 23.9 Å². The van der Waals surface area contributed by atoms with Crippen LogP contribution in [0.4, 0.5) is 0 Å². The first-order chi connectivity index (χ1) is 20.8. The van der Waals surface area contributed by atoms with Gasteiger partial charge in [-0.1, -0.05) is 51.3 Å². The summed E-state index contributed by atoms with van der Waals surface area (Å²) in [5, 5.41) is 6.36. The van der Waals surface area contributed by atoms with Gasteiger partial charge in [0.25, 0.3) is 5.91 Å². The number of ether oxygens (including phenoxy) is 2. The molecule has 8 nitrogen and oxygen atoms in total. The first-order valence-corrected chi connectivity index (χ1v) is 16.0. The molecule has 0 spiro atoms. The molecule has 1 heterocycles. The molecule has 2 aromatic rings. The highest BCUT2D eigenvalue weighted by Gasteiger charge is 2.32. The summed E-state index contributed by atoms with van der Waals surface area (Å²) in [5.74, 6) is 2.02. The third kappa shape index (κ3) is 8.82. The quantitative estimate of drug-likeness (QED) is 0.320. The maximum absolute atomic E-state index is 13.2. The van der Waals surface area contributed by atoms with Gasteiger partial charge in [0.15, 0.2) is 5.78 Å². The lowest BCUT2D eigenvalue weighted by molar-refractivity contribution is -0.131. The van der Waals surface area contributed by atoms with Crippen molar-refractivity contribution in [3.8, 4) is 11.5 Å². The fourth-order valence-electron chi connectivity index (χ4n) is 6.36. The van der Waals surface area contributed by atoms with Crippen molar-refractivity contribution in [1.29, 1.82) is 0 Å². The Labute approximate surface area is 256 Å². The number of methoxy groups -OCH3 is 1. The van der Waals surface area contributed by atoms with Gasteiger partial charge in [0, 0.05) is 42.7 Å². The number of likely N-dealkylation sites (tertiary alicyclic amines) is 1. The minimum absolute atomic E-state index is 0.0976. The fourth-order valence-corrected chi connectivity index (χ4v) is 6.36. The van der Waals surface area contributed by atoms with Crippen LogP contribution in [-0.2, 0) is 16.1 Å². The zero-order valence-electron chi connectivity index (χ0n) is 26.3. The zero-order chi connectivity index (χ0) is 30.8. The summed E-state index contributed by atoms with van der Waals surface area (Å²) in [5.41, 5.74) is 2.76.